The second-order valence-corrected chi connectivity index (χ2v) is 6.50. The minimum atomic E-state index is 0.300. The standard InChI is InChI=1S/C15H24N6/c1-4-8-16-14-20-12-11(17-9-18-12)13(21-14)19-10-6-5-7-15(10,2)3/h9-10H,4-8H2,1-3H3,(H3,16,17,18,19,20,21). The normalized spacial score (nSPS) is 20.8. The van der Waals surface area contributed by atoms with Gasteiger partial charge < -0.3 is 15.6 Å². The van der Waals surface area contributed by atoms with Crippen LogP contribution >= 0.6 is 0 Å². The third-order valence-corrected chi connectivity index (χ3v) is 4.39. The number of nitrogens with one attached hydrogen (secondary N) is 3. The van der Waals surface area contributed by atoms with E-state index in [-0.39, 0.29) is 0 Å². The topological polar surface area (TPSA) is 78.5 Å². The van der Waals surface area contributed by atoms with E-state index in [1.54, 1.807) is 6.33 Å². The van der Waals surface area contributed by atoms with Crippen LogP contribution in [0.4, 0.5) is 11.8 Å². The first-order valence-corrected chi connectivity index (χ1v) is 7.81. The second kappa shape index (κ2) is 5.50. The van der Waals surface area contributed by atoms with Crippen LogP contribution in [-0.4, -0.2) is 32.5 Å². The highest BCUT2D eigenvalue weighted by molar-refractivity contribution is 5.83. The van der Waals surface area contributed by atoms with Crippen LogP contribution in [0.1, 0.15) is 46.5 Å². The largest absolute Gasteiger partial charge is 0.365 e. The van der Waals surface area contributed by atoms with E-state index in [1.165, 1.54) is 19.3 Å². The summed E-state index contributed by atoms with van der Waals surface area (Å²) in [6, 6.07) is 0.443. The second-order valence-electron chi connectivity index (χ2n) is 6.50. The number of rotatable bonds is 5. The first-order valence-electron chi connectivity index (χ1n) is 7.81. The summed E-state index contributed by atoms with van der Waals surface area (Å²) < 4.78 is 0. The van der Waals surface area contributed by atoms with Gasteiger partial charge >= 0.3 is 0 Å². The number of aromatic nitrogens is 4. The molecule has 0 radical (unpaired) electrons. The predicted octanol–water partition coefficient (Wildman–Crippen LogP) is 3.17. The number of imidazole rings is 1. The Morgan fingerprint density at radius 3 is 2.95 bits per heavy atom. The number of anilines is 2. The van der Waals surface area contributed by atoms with Crippen LogP contribution in [-0.2, 0) is 0 Å². The summed E-state index contributed by atoms with van der Waals surface area (Å²) in [5, 5.41) is 6.86. The summed E-state index contributed by atoms with van der Waals surface area (Å²) in [5.74, 6) is 1.51. The summed E-state index contributed by atoms with van der Waals surface area (Å²) in [6.07, 6.45) is 6.42. The van der Waals surface area contributed by atoms with Crippen molar-refractivity contribution in [1.82, 2.24) is 19.9 Å². The summed E-state index contributed by atoms with van der Waals surface area (Å²) in [4.78, 5) is 16.5. The maximum Gasteiger partial charge on any atom is 0.226 e. The highest BCUT2D eigenvalue weighted by atomic mass is 15.2. The summed E-state index contributed by atoms with van der Waals surface area (Å²) in [7, 11) is 0. The molecule has 2 aromatic rings. The van der Waals surface area contributed by atoms with Crippen LogP contribution in [0.2, 0.25) is 0 Å². The molecule has 6 heteroatoms. The highest BCUT2D eigenvalue weighted by Crippen LogP contribution is 2.39. The number of aromatic amines is 1. The van der Waals surface area contributed by atoms with Gasteiger partial charge in [0, 0.05) is 12.6 Å². The van der Waals surface area contributed by atoms with Gasteiger partial charge in [0.2, 0.25) is 5.95 Å². The first-order chi connectivity index (χ1) is 10.1. The third-order valence-electron chi connectivity index (χ3n) is 4.39. The fourth-order valence-electron chi connectivity index (χ4n) is 3.01. The zero-order valence-electron chi connectivity index (χ0n) is 13.0. The van der Waals surface area contributed by atoms with Crippen molar-refractivity contribution in [3.63, 3.8) is 0 Å². The quantitative estimate of drug-likeness (QED) is 0.787. The van der Waals surface area contributed by atoms with Crippen molar-refractivity contribution in [2.75, 3.05) is 17.2 Å². The van der Waals surface area contributed by atoms with Gasteiger partial charge in [-0.2, -0.15) is 9.97 Å². The van der Waals surface area contributed by atoms with Gasteiger partial charge in [-0.25, -0.2) is 4.98 Å². The molecule has 114 valence electrons. The van der Waals surface area contributed by atoms with Gasteiger partial charge in [0.1, 0.15) is 5.52 Å². The first kappa shape index (κ1) is 14.1. The molecule has 1 atom stereocenters. The minimum Gasteiger partial charge on any atom is -0.365 e. The van der Waals surface area contributed by atoms with Gasteiger partial charge in [-0.15, -0.1) is 0 Å². The lowest BCUT2D eigenvalue weighted by Crippen LogP contribution is -2.31. The maximum atomic E-state index is 4.64. The Labute approximate surface area is 125 Å². The Kier molecular flexibility index (Phi) is 3.69. The Bertz CT molecular complexity index is 618. The van der Waals surface area contributed by atoms with Gasteiger partial charge in [0.15, 0.2) is 11.5 Å². The average Bonchev–Trinajstić information content (AvgIpc) is 3.03. The average molecular weight is 288 g/mol. The number of hydrogen-bond acceptors (Lipinski definition) is 5. The Hall–Kier alpha value is -1.85. The molecule has 1 unspecified atom stereocenters. The number of nitrogens with zero attached hydrogens (tertiary/aromatic N) is 3. The van der Waals surface area contributed by atoms with Gasteiger partial charge in [0.05, 0.1) is 6.33 Å². The number of hydrogen-bond donors (Lipinski definition) is 3. The van der Waals surface area contributed by atoms with E-state index in [0.717, 1.165) is 24.3 Å². The highest BCUT2D eigenvalue weighted by Gasteiger charge is 2.35. The van der Waals surface area contributed by atoms with Crippen molar-refractivity contribution in [3.8, 4) is 0 Å². The molecule has 0 saturated heterocycles. The molecule has 1 aliphatic carbocycles. The van der Waals surface area contributed by atoms with Gasteiger partial charge in [0.25, 0.3) is 0 Å². The smallest absolute Gasteiger partial charge is 0.226 e. The zero-order chi connectivity index (χ0) is 14.9. The molecule has 0 spiro atoms. The third kappa shape index (κ3) is 2.80. The fourth-order valence-corrected chi connectivity index (χ4v) is 3.01. The van der Waals surface area contributed by atoms with Gasteiger partial charge in [-0.1, -0.05) is 27.2 Å². The van der Waals surface area contributed by atoms with Crippen LogP contribution < -0.4 is 10.6 Å². The van der Waals surface area contributed by atoms with Crippen molar-refractivity contribution in [2.45, 2.75) is 52.5 Å². The molecule has 0 bridgehead atoms. The lowest BCUT2D eigenvalue weighted by Gasteiger charge is -2.28. The van der Waals surface area contributed by atoms with Crippen molar-refractivity contribution in [1.29, 1.82) is 0 Å². The van der Waals surface area contributed by atoms with Crippen LogP contribution in [0, 0.1) is 5.41 Å². The Morgan fingerprint density at radius 1 is 1.38 bits per heavy atom. The van der Waals surface area contributed by atoms with E-state index >= 15 is 0 Å². The van der Waals surface area contributed by atoms with Crippen LogP contribution in [0.3, 0.4) is 0 Å². The molecular weight excluding hydrogens is 264 g/mol. The summed E-state index contributed by atoms with van der Waals surface area (Å²) in [6.45, 7) is 7.63. The van der Waals surface area contributed by atoms with E-state index in [9.17, 15) is 0 Å². The minimum absolute atomic E-state index is 0.300. The predicted molar refractivity (Wildman–Crippen MR) is 85.5 cm³/mol. The summed E-state index contributed by atoms with van der Waals surface area (Å²) in [5.41, 5.74) is 1.90. The lowest BCUT2D eigenvalue weighted by molar-refractivity contribution is 0.349. The SMILES string of the molecule is CCCNc1nc(NC2CCCC2(C)C)c2[nH]cnc2n1. The van der Waals surface area contributed by atoms with E-state index in [1.807, 2.05) is 0 Å². The van der Waals surface area contributed by atoms with Crippen LogP contribution in [0.5, 0.6) is 0 Å². The van der Waals surface area contributed by atoms with Crippen molar-refractivity contribution in [3.05, 3.63) is 6.33 Å². The molecule has 0 aliphatic heterocycles. The van der Waals surface area contributed by atoms with Crippen molar-refractivity contribution >= 4 is 22.9 Å². The molecule has 2 heterocycles. The van der Waals surface area contributed by atoms with Crippen molar-refractivity contribution in [2.24, 2.45) is 5.41 Å². The zero-order valence-corrected chi connectivity index (χ0v) is 13.0. The van der Waals surface area contributed by atoms with E-state index in [2.05, 4.69) is 51.3 Å². The Morgan fingerprint density at radius 2 is 2.24 bits per heavy atom. The van der Waals surface area contributed by atoms with Crippen LogP contribution in [0.15, 0.2) is 6.33 Å². The molecule has 1 fully saturated rings. The van der Waals surface area contributed by atoms with Crippen molar-refractivity contribution < 1.29 is 0 Å². The molecule has 1 aliphatic rings. The molecule has 21 heavy (non-hydrogen) atoms. The van der Waals surface area contributed by atoms with Crippen LogP contribution in [0.25, 0.3) is 11.2 Å². The molecule has 0 aromatic carbocycles. The maximum absolute atomic E-state index is 4.64. The Balaban J connectivity index is 1.90. The molecule has 3 N–H and O–H groups in total. The van der Waals surface area contributed by atoms with Gasteiger partial charge in [-0.3, -0.25) is 0 Å². The number of fused-ring (bicyclic) bond motifs is 1. The fraction of sp³-hybridized carbons (Fsp3) is 0.667. The molecule has 2 aromatic heterocycles. The molecule has 3 rings (SSSR count). The molecular formula is C15H24N6. The molecule has 0 amide bonds. The molecule has 1 saturated carbocycles. The van der Waals surface area contributed by atoms with E-state index in [0.29, 0.717) is 23.1 Å². The summed E-state index contributed by atoms with van der Waals surface area (Å²) >= 11 is 0. The van der Waals surface area contributed by atoms with E-state index < -0.39 is 0 Å². The monoisotopic (exact) mass is 288 g/mol. The van der Waals surface area contributed by atoms with Gasteiger partial charge in [-0.05, 0) is 24.7 Å². The lowest BCUT2D eigenvalue weighted by atomic mass is 9.87. The number of H-pyrrole nitrogens is 1. The molecule has 6 nitrogen and oxygen atoms in total. The van der Waals surface area contributed by atoms with E-state index in [4.69, 9.17) is 0 Å².